The number of hydrogen-bond donors (Lipinski definition) is 3. The van der Waals surface area contributed by atoms with Crippen LogP contribution in [0.15, 0.2) is 60.8 Å². The van der Waals surface area contributed by atoms with Crippen LogP contribution in [0.5, 0.6) is 0 Å². The molecule has 0 unspecified atom stereocenters. The third-order valence-corrected chi connectivity index (χ3v) is 6.41. The minimum atomic E-state index is -3.83. The molecular weight excluding hydrogens is 489 g/mol. The number of carbonyl (C=O) groups excluding carboxylic acids is 2. The minimum Gasteiger partial charge on any atom is -0.389 e. The molecule has 1 aromatic heterocycles. The van der Waals surface area contributed by atoms with E-state index in [1.165, 1.54) is 18.2 Å². The number of carbonyl (C=O) groups is 2. The Morgan fingerprint density at radius 2 is 1.73 bits per heavy atom. The summed E-state index contributed by atoms with van der Waals surface area (Å²) < 4.78 is 26.5. The summed E-state index contributed by atoms with van der Waals surface area (Å²) in [5.74, 6) is -1.57. The van der Waals surface area contributed by atoms with Crippen molar-refractivity contribution in [1.82, 2.24) is 4.98 Å². The van der Waals surface area contributed by atoms with Crippen LogP contribution in [0.1, 0.15) is 16.8 Å². The number of anilines is 2. The van der Waals surface area contributed by atoms with Gasteiger partial charge < -0.3 is 10.4 Å². The Morgan fingerprint density at radius 3 is 2.39 bits per heavy atom. The molecule has 0 aliphatic rings. The predicted molar refractivity (Wildman–Crippen MR) is 128 cm³/mol. The molecule has 8 nitrogen and oxygen atoms in total. The largest absolute Gasteiger partial charge is 0.389 e. The van der Waals surface area contributed by atoms with E-state index in [4.69, 9.17) is 28.3 Å². The van der Waals surface area contributed by atoms with Gasteiger partial charge in [-0.25, -0.2) is 8.42 Å². The van der Waals surface area contributed by atoms with Crippen LogP contribution in [0.25, 0.3) is 11.3 Å². The zero-order valence-electron chi connectivity index (χ0n) is 17.1. The number of ketones is 1. The fourth-order valence-corrected chi connectivity index (χ4v) is 4.41. The molecule has 3 N–H and O–H groups in total. The van der Waals surface area contributed by atoms with Gasteiger partial charge in [0.1, 0.15) is 6.61 Å². The predicted octanol–water partition coefficient (Wildman–Crippen LogP) is 4.00. The van der Waals surface area contributed by atoms with Crippen LogP contribution >= 0.6 is 23.2 Å². The molecule has 0 saturated heterocycles. The number of rotatable bonds is 9. The molecule has 2 aromatic carbocycles. The van der Waals surface area contributed by atoms with Crippen molar-refractivity contribution in [2.24, 2.45) is 0 Å². The summed E-state index contributed by atoms with van der Waals surface area (Å²) in [5, 5.41) is 11.9. The highest BCUT2D eigenvalue weighted by molar-refractivity contribution is 7.92. The summed E-state index contributed by atoms with van der Waals surface area (Å²) in [7, 11) is -3.83. The van der Waals surface area contributed by atoms with Crippen molar-refractivity contribution >= 4 is 56.3 Å². The van der Waals surface area contributed by atoms with Gasteiger partial charge in [0.25, 0.3) is 5.91 Å². The quantitative estimate of drug-likeness (QED) is 0.401. The number of amides is 1. The van der Waals surface area contributed by atoms with Crippen LogP contribution in [0.4, 0.5) is 11.4 Å². The van der Waals surface area contributed by atoms with Gasteiger partial charge in [0.05, 0.1) is 27.1 Å². The summed E-state index contributed by atoms with van der Waals surface area (Å²) in [6, 6.07) is 14.4. The van der Waals surface area contributed by atoms with Crippen LogP contribution in [0.2, 0.25) is 10.0 Å². The molecule has 11 heteroatoms. The van der Waals surface area contributed by atoms with E-state index < -0.39 is 34.1 Å². The molecule has 0 aliphatic heterocycles. The Balaban J connectivity index is 1.73. The van der Waals surface area contributed by atoms with Crippen molar-refractivity contribution in [3.05, 3.63) is 76.4 Å². The molecule has 1 heterocycles. The molecule has 0 saturated carbocycles. The summed E-state index contributed by atoms with van der Waals surface area (Å²) in [5.41, 5.74) is 2.03. The number of aliphatic hydroxyl groups excluding tert-OH is 1. The summed E-state index contributed by atoms with van der Waals surface area (Å²) >= 11 is 12.5. The maximum Gasteiger partial charge on any atom is 0.257 e. The maximum atomic E-state index is 12.7. The highest BCUT2D eigenvalue weighted by atomic mass is 35.5. The lowest BCUT2D eigenvalue weighted by Gasteiger charge is -2.12. The van der Waals surface area contributed by atoms with E-state index in [0.29, 0.717) is 22.0 Å². The van der Waals surface area contributed by atoms with Crippen molar-refractivity contribution in [2.45, 2.75) is 6.42 Å². The van der Waals surface area contributed by atoms with Gasteiger partial charge in [-0.1, -0.05) is 29.3 Å². The number of hydrogen-bond acceptors (Lipinski definition) is 6. The minimum absolute atomic E-state index is 0.0260. The second-order valence-corrected chi connectivity index (χ2v) is 9.58. The van der Waals surface area contributed by atoms with Gasteiger partial charge in [0.15, 0.2) is 5.78 Å². The molecule has 33 heavy (non-hydrogen) atoms. The number of aliphatic hydroxyl groups is 1. The molecule has 172 valence electrons. The zero-order chi connectivity index (χ0) is 24.0. The number of pyridine rings is 1. The lowest BCUT2D eigenvalue weighted by molar-refractivity contribution is -0.121. The number of nitrogens with zero attached hydrogens (tertiary/aromatic N) is 1. The van der Waals surface area contributed by atoms with Crippen molar-refractivity contribution in [3.8, 4) is 11.3 Å². The van der Waals surface area contributed by atoms with Crippen LogP contribution < -0.4 is 10.0 Å². The van der Waals surface area contributed by atoms with E-state index in [9.17, 15) is 18.0 Å². The first-order valence-corrected chi connectivity index (χ1v) is 12.0. The fraction of sp³-hybridized carbons (Fsp3) is 0.136. The zero-order valence-corrected chi connectivity index (χ0v) is 19.4. The topological polar surface area (TPSA) is 125 Å². The standard InChI is InChI=1S/C22H19Cl2N3O5S/c23-19-7-5-14(11-18(19)21-3-1-2-9-25-21)26-22(30)17-6-4-15(12-20(17)24)27-33(31,32)10-8-16(29)13-28/h1-7,9,11-12,27-28H,8,10,13H2,(H,26,30). The molecule has 0 spiro atoms. The molecule has 0 fully saturated rings. The maximum absolute atomic E-state index is 12.7. The molecule has 0 bridgehead atoms. The Hall–Kier alpha value is -2.98. The van der Waals surface area contributed by atoms with Gasteiger partial charge >= 0.3 is 0 Å². The summed E-state index contributed by atoms with van der Waals surface area (Å²) in [6.07, 6.45) is 1.32. The van der Waals surface area contributed by atoms with Gasteiger partial charge in [-0.2, -0.15) is 0 Å². The average Bonchev–Trinajstić information content (AvgIpc) is 2.79. The lowest BCUT2D eigenvalue weighted by Crippen LogP contribution is -2.20. The molecule has 3 rings (SSSR count). The number of aromatic nitrogens is 1. The van der Waals surface area contributed by atoms with Crippen molar-refractivity contribution in [1.29, 1.82) is 0 Å². The van der Waals surface area contributed by atoms with Crippen LogP contribution in [0.3, 0.4) is 0 Å². The van der Waals surface area contributed by atoms with E-state index in [-0.39, 0.29) is 22.7 Å². The summed E-state index contributed by atoms with van der Waals surface area (Å²) in [6.45, 7) is -0.720. The van der Waals surface area contributed by atoms with Crippen molar-refractivity contribution in [2.75, 3.05) is 22.4 Å². The van der Waals surface area contributed by atoms with Crippen molar-refractivity contribution in [3.63, 3.8) is 0 Å². The third-order valence-electron chi connectivity index (χ3n) is 4.48. The number of sulfonamides is 1. The number of Topliss-reactive ketones (excluding diaryl/α,β-unsaturated/α-hetero) is 1. The monoisotopic (exact) mass is 507 g/mol. The highest BCUT2D eigenvalue weighted by Crippen LogP contribution is 2.30. The Kier molecular flexibility index (Phi) is 8.04. The van der Waals surface area contributed by atoms with Gasteiger partial charge in [0, 0.05) is 29.6 Å². The van der Waals surface area contributed by atoms with Crippen LogP contribution in [-0.4, -0.2) is 42.6 Å². The third kappa shape index (κ3) is 6.75. The lowest BCUT2D eigenvalue weighted by atomic mass is 10.1. The van der Waals surface area contributed by atoms with Gasteiger partial charge in [0.2, 0.25) is 10.0 Å². The van der Waals surface area contributed by atoms with Crippen LogP contribution in [0, 0.1) is 0 Å². The van der Waals surface area contributed by atoms with Gasteiger partial charge in [-0.3, -0.25) is 19.3 Å². The second-order valence-electron chi connectivity index (χ2n) is 6.93. The summed E-state index contributed by atoms with van der Waals surface area (Å²) in [4.78, 5) is 28.1. The molecule has 1 amide bonds. The molecule has 0 atom stereocenters. The number of nitrogens with one attached hydrogen (secondary N) is 2. The van der Waals surface area contributed by atoms with E-state index in [1.54, 1.807) is 36.5 Å². The van der Waals surface area contributed by atoms with E-state index in [1.807, 2.05) is 6.07 Å². The SMILES string of the molecule is O=C(CO)CCS(=O)(=O)Nc1ccc(C(=O)Nc2ccc(Cl)c(-c3ccccn3)c2)c(Cl)c1. The fourth-order valence-electron chi connectivity index (χ4n) is 2.84. The Labute approximate surface area is 200 Å². The van der Waals surface area contributed by atoms with Crippen LogP contribution in [-0.2, 0) is 14.8 Å². The van der Waals surface area contributed by atoms with E-state index in [2.05, 4.69) is 15.0 Å². The Morgan fingerprint density at radius 1 is 0.970 bits per heavy atom. The second kappa shape index (κ2) is 10.8. The highest BCUT2D eigenvalue weighted by Gasteiger charge is 2.16. The van der Waals surface area contributed by atoms with Gasteiger partial charge in [-0.05, 0) is 48.5 Å². The number of benzene rings is 2. The molecule has 0 aliphatic carbocycles. The first kappa shape index (κ1) is 24.7. The average molecular weight is 508 g/mol. The molecule has 3 aromatic rings. The first-order chi connectivity index (χ1) is 15.7. The van der Waals surface area contributed by atoms with Gasteiger partial charge in [-0.15, -0.1) is 0 Å². The molecular formula is C22H19Cl2N3O5S. The van der Waals surface area contributed by atoms with E-state index >= 15 is 0 Å². The smallest absolute Gasteiger partial charge is 0.257 e. The Bertz CT molecular complexity index is 1280. The van der Waals surface area contributed by atoms with E-state index in [0.717, 1.165) is 0 Å². The first-order valence-electron chi connectivity index (χ1n) is 9.63. The normalized spacial score (nSPS) is 11.1. The van der Waals surface area contributed by atoms with Crippen molar-refractivity contribution < 1.29 is 23.1 Å². The molecule has 0 radical (unpaired) electrons. The number of halogens is 2.